The van der Waals surface area contributed by atoms with E-state index in [1.165, 1.54) is 13.2 Å². The van der Waals surface area contributed by atoms with Crippen LogP contribution in [-0.4, -0.2) is 72.6 Å². The van der Waals surface area contributed by atoms with Crippen LogP contribution in [0.15, 0.2) is 48.8 Å². The molecule has 0 atom stereocenters. The molecule has 9 nitrogen and oxygen atoms in total. The molecule has 1 aliphatic rings. The average molecular weight is 410 g/mol. The molecule has 2 aromatic rings. The first-order valence-corrected chi connectivity index (χ1v) is 9.40. The number of aromatic nitrogens is 2. The Bertz CT molecular complexity index is 907. The van der Waals surface area contributed by atoms with Crippen LogP contribution in [0, 0.1) is 0 Å². The molecule has 0 spiro atoms. The minimum Gasteiger partial charge on any atom is -0.465 e. The number of methoxy groups -OCH3 is 1. The number of piperazine rings is 1. The van der Waals surface area contributed by atoms with Gasteiger partial charge in [0.1, 0.15) is 0 Å². The number of anilines is 1. The third kappa shape index (κ3) is 5.63. The van der Waals surface area contributed by atoms with Gasteiger partial charge in [0.2, 0.25) is 5.95 Å². The van der Waals surface area contributed by atoms with Crippen molar-refractivity contribution in [3.8, 4) is 0 Å². The first-order chi connectivity index (χ1) is 14.6. The first-order valence-electron chi connectivity index (χ1n) is 9.40. The molecule has 1 fully saturated rings. The van der Waals surface area contributed by atoms with Crippen LogP contribution in [0.25, 0.3) is 6.08 Å². The third-order valence-corrected chi connectivity index (χ3v) is 4.55. The Kier molecular flexibility index (Phi) is 7.09. The molecule has 1 aromatic carbocycles. The van der Waals surface area contributed by atoms with Crippen LogP contribution in [0.4, 0.5) is 5.95 Å². The number of carbonyl (C=O) groups is 3. The van der Waals surface area contributed by atoms with Gasteiger partial charge >= 0.3 is 11.9 Å². The van der Waals surface area contributed by atoms with Crippen LogP contribution in [0.2, 0.25) is 0 Å². The van der Waals surface area contributed by atoms with Crippen molar-refractivity contribution < 1.29 is 23.9 Å². The van der Waals surface area contributed by atoms with Crippen molar-refractivity contribution in [2.45, 2.75) is 0 Å². The van der Waals surface area contributed by atoms with E-state index >= 15 is 0 Å². The monoisotopic (exact) mass is 410 g/mol. The second kappa shape index (κ2) is 10.1. The zero-order valence-electron chi connectivity index (χ0n) is 16.6. The molecule has 1 amide bonds. The lowest BCUT2D eigenvalue weighted by atomic mass is 10.1. The molecule has 30 heavy (non-hydrogen) atoms. The summed E-state index contributed by atoms with van der Waals surface area (Å²) in [7, 11) is 1.31. The molecule has 0 N–H and O–H groups in total. The fourth-order valence-corrected chi connectivity index (χ4v) is 2.90. The molecule has 2 heterocycles. The normalized spacial score (nSPS) is 13.9. The van der Waals surface area contributed by atoms with E-state index < -0.39 is 11.9 Å². The molecule has 156 valence electrons. The van der Waals surface area contributed by atoms with Gasteiger partial charge in [-0.25, -0.2) is 19.6 Å². The highest BCUT2D eigenvalue weighted by Gasteiger charge is 2.22. The number of nitrogens with zero attached hydrogens (tertiary/aromatic N) is 4. The maximum absolute atomic E-state index is 12.3. The highest BCUT2D eigenvalue weighted by molar-refractivity contribution is 5.91. The fraction of sp³-hybridized carbons (Fsp3) is 0.286. The second-order valence-corrected chi connectivity index (χ2v) is 6.47. The summed E-state index contributed by atoms with van der Waals surface area (Å²) in [6.45, 7) is 1.94. The van der Waals surface area contributed by atoms with E-state index in [1.54, 1.807) is 53.7 Å². The number of hydrogen-bond donors (Lipinski definition) is 0. The van der Waals surface area contributed by atoms with Gasteiger partial charge in [0.05, 0.1) is 12.7 Å². The summed E-state index contributed by atoms with van der Waals surface area (Å²) in [5, 5.41) is 0. The second-order valence-electron chi connectivity index (χ2n) is 6.47. The summed E-state index contributed by atoms with van der Waals surface area (Å²) in [6.07, 6.45) is 6.15. The number of amides is 1. The number of carbonyl (C=O) groups excluding carboxylic acids is 3. The predicted molar refractivity (Wildman–Crippen MR) is 109 cm³/mol. The molecular formula is C21H22N4O5. The summed E-state index contributed by atoms with van der Waals surface area (Å²) >= 11 is 0. The lowest BCUT2D eigenvalue weighted by molar-refractivity contribution is -0.148. The molecule has 0 saturated carbocycles. The molecule has 9 heteroatoms. The predicted octanol–water partition coefficient (Wildman–Crippen LogP) is 1.17. The molecule has 1 aromatic heterocycles. The Hall–Kier alpha value is -3.75. The fourth-order valence-electron chi connectivity index (χ4n) is 2.90. The number of ether oxygens (including phenoxy) is 2. The molecule has 0 bridgehead atoms. The summed E-state index contributed by atoms with van der Waals surface area (Å²) in [6, 6.07) is 8.30. The van der Waals surface area contributed by atoms with Gasteiger partial charge in [0.15, 0.2) is 6.61 Å². The van der Waals surface area contributed by atoms with Crippen LogP contribution in [-0.2, 0) is 19.1 Å². The zero-order chi connectivity index (χ0) is 21.3. The highest BCUT2D eigenvalue weighted by Crippen LogP contribution is 2.10. The topological polar surface area (TPSA) is 102 Å². The van der Waals surface area contributed by atoms with E-state index in [0.29, 0.717) is 43.3 Å². The maximum Gasteiger partial charge on any atom is 0.337 e. The van der Waals surface area contributed by atoms with E-state index in [2.05, 4.69) is 14.7 Å². The number of esters is 2. The van der Waals surface area contributed by atoms with Crippen molar-refractivity contribution in [3.05, 3.63) is 59.9 Å². The van der Waals surface area contributed by atoms with Crippen molar-refractivity contribution in [2.75, 3.05) is 44.8 Å². The quantitative estimate of drug-likeness (QED) is 0.517. The minimum atomic E-state index is -0.614. The smallest absolute Gasteiger partial charge is 0.337 e. The Morgan fingerprint density at radius 2 is 1.70 bits per heavy atom. The molecular weight excluding hydrogens is 388 g/mol. The van der Waals surface area contributed by atoms with Gasteiger partial charge in [-0.15, -0.1) is 0 Å². The van der Waals surface area contributed by atoms with Gasteiger partial charge in [-0.1, -0.05) is 12.1 Å². The molecule has 1 saturated heterocycles. The summed E-state index contributed by atoms with van der Waals surface area (Å²) in [5.41, 5.74) is 1.13. The van der Waals surface area contributed by atoms with Gasteiger partial charge in [0.25, 0.3) is 5.91 Å². The molecule has 0 aliphatic carbocycles. The standard InChI is InChI=1S/C21H22N4O5/c1-29-20(28)17-6-3-16(4-7-17)5-8-19(27)30-15-18(26)24-11-13-25(14-12-24)21-22-9-2-10-23-21/h2-10H,11-15H2,1H3. The SMILES string of the molecule is COC(=O)c1ccc(C=CC(=O)OCC(=O)N2CCN(c3ncccn3)CC2)cc1. The van der Waals surface area contributed by atoms with E-state index in [1.807, 2.05) is 4.90 Å². The summed E-state index contributed by atoms with van der Waals surface area (Å²) in [4.78, 5) is 47.6. The van der Waals surface area contributed by atoms with Crippen molar-refractivity contribution in [3.63, 3.8) is 0 Å². The van der Waals surface area contributed by atoms with E-state index in [4.69, 9.17) is 4.74 Å². The van der Waals surface area contributed by atoms with E-state index in [0.717, 1.165) is 0 Å². The molecule has 0 radical (unpaired) electrons. The van der Waals surface area contributed by atoms with Crippen LogP contribution >= 0.6 is 0 Å². The van der Waals surface area contributed by atoms with E-state index in [-0.39, 0.29) is 12.5 Å². The van der Waals surface area contributed by atoms with Gasteiger partial charge < -0.3 is 19.3 Å². The Balaban J connectivity index is 1.42. The van der Waals surface area contributed by atoms with Crippen molar-refractivity contribution in [1.82, 2.24) is 14.9 Å². The summed E-state index contributed by atoms with van der Waals surface area (Å²) < 4.78 is 9.67. The van der Waals surface area contributed by atoms with Gasteiger partial charge in [0, 0.05) is 44.6 Å². The van der Waals surface area contributed by atoms with Crippen molar-refractivity contribution in [1.29, 1.82) is 0 Å². The van der Waals surface area contributed by atoms with Crippen LogP contribution in [0.3, 0.4) is 0 Å². The van der Waals surface area contributed by atoms with Crippen LogP contribution in [0.1, 0.15) is 15.9 Å². The van der Waals surface area contributed by atoms with Crippen LogP contribution < -0.4 is 4.90 Å². The third-order valence-electron chi connectivity index (χ3n) is 4.55. The minimum absolute atomic E-state index is 0.243. The molecule has 1 aliphatic heterocycles. The lowest BCUT2D eigenvalue weighted by Crippen LogP contribution is -2.50. The number of rotatable bonds is 6. The number of hydrogen-bond acceptors (Lipinski definition) is 8. The lowest BCUT2D eigenvalue weighted by Gasteiger charge is -2.34. The molecule has 3 rings (SSSR count). The number of benzene rings is 1. The largest absolute Gasteiger partial charge is 0.465 e. The van der Waals surface area contributed by atoms with E-state index in [9.17, 15) is 14.4 Å². The Labute approximate surface area is 173 Å². The highest BCUT2D eigenvalue weighted by atomic mass is 16.5. The van der Waals surface area contributed by atoms with Gasteiger partial charge in [-0.2, -0.15) is 0 Å². The molecule has 0 unspecified atom stereocenters. The zero-order valence-corrected chi connectivity index (χ0v) is 16.6. The van der Waals surface area contributed by atoms with Crippen molar-refractivity contribution in [2.24, 2.45) is 0 Å². The maximum atomic E-state index is 12.3. The average Bonchev–Trinajstić information content (AvgIpc) is 2.81. The van der Waals surface area contributed by atoms with Gasteiger partial charge in [-0.3, -0.25) is 4.79 Å². The summed E-state index contributed by atoms with van der Waals surface area (Å²) in [5.74, 6) is -0.647. The Morgan fingerprint density at radius 1 is 1.03 bits per heavy atom. The Morgan fingerprint density at radius 3 is 2.33 bits per heavy atom. The van der Waals surface area contributed by atoms with Gasteiger partial charge in [-0.05, 0) is 29.8 Å². The van der Waals surface area contributed by atoms with Crippen LogP contribution in [0.5, 0.6) is 0 Å². The van der Waals surface area contributed by atoms with Crippen molar-refractivity contribution >= 4 is 29.9 Å². The first kappa shape index (κ1) is 21.0.